The molecule has 17 heteroatoms. The Bertz CT molecular complexity index is 2030. The van der Waals surface area contributed by atoms with Gasteiger partial charge in [0.2, 0.25) is 9.74 Å². The molecule has 268 valence electrons. The number of nitrogens with one attached hydrogen (secondary N) is 2. The molecule has 4 unspecified atom stereocenters. The van der Waals surface area contributed by atoms with Gasteiger partial charge in [-0.2, -0.15) is 0 Å². The van der Waals surface area contributed by atoms with Crippen molar-refractivity contribution in [3.05, 3.63) is 59.7 Å². The third kappa shape index (κ3) is 2.93. The lowest BCUT2D eigenvalue weighted by molar-refractivity contribution is -0.169. The Morgan fingerprint density at radius 3 is 1.47 bits per heavy atom. The summed E-state index contributed by atoms with van der Waals surface area (Å²) in [7, 11) is 9.57. The van der Waals surface area contributed by atoms with Crippen molar-refractivity contribution in [2.24, 2.45) is 11.8 Å². The lowest BCUT2D eigenvalue weighted by atomic mass is 9.52. The molecule has 0 radical (unpaired) electrons. The molecule has 4 amide bonds. The number of para-hydroxylation sites is 2. The Morgan fingerprint density at radius 1 is 0.608 bits per heavy atom. The SMILES string of the molecule is CC(C)C12SSS[C@]3(C(=O)N1C)[C@@H](O)C1(C45c6ccccc6N[C@H]4N4C(=O)C6(C(C)C)SS[C@@]4(C(=O)N6C)[C@H]5O)c4ccccc4N[C@@H]1N3C2=O. The van der Waals surface area contributed by atoms with Crippen LogP contribution in [0.1, 0.15) is 38.8 Å². The molecule has 12 rings (SSSR count). The van der Waals surface area contributed by atoms with Gasteiger partial charge in [-0.15, -0.1) is 0 Å². The number of fused-ring (bicyclic) bond motifs is 12. The van der Waals surface area contributed by atoms with Gasteiger partial charge in [0, 0.05) is 25.5 Å². The van der Waals surface area contributed by atoms with Crippen LogP contribution in [0.4, 0.5) is 11.4 Å². The van der Waals surface area contributed by atoms with Gasteiger partial charge in [0.1, 0.15) is 24.5 Å². The van der Waals surface area contributed by atoms with E-state index in [0.717, 1.165) is 0 Å². The summed E-state index contributed by atoms with van der Waals surface area (Å²) in [4.78, 5) is 60.7. The van der Waals surface area contributed by atoms with Crippen LogP contribution in [0.5, 0.6) is 0 Å². The largest absolute Gasteiger partial charge is 0.388 e. The molecule has 51 heavy (non-hydrogen) atoms. The van der Waals surface area contributed by atoms with Gasteiger partial charge >= 0.3 is 0 Å². The molecular formula is C34H36N6O6S5. The molecule has 12 nitrogen and oxygen atoms in total. The lowest BCUT2D eigenvalue weighted by Gasteiger charge is -2.60. The number of anilines is 2. The topological polar surface area (TPSA) is 146 Å². The van der Waals surface area contributed by atoms with Crippen LogP contribution in [-0.2, 0) is 30.0 Å². The first kappa shape index (κ1) is 33.2. The van der Waals surface area contributed by atoms with E-state index in [2.05, 4.69) is 10.6 Å². The molecule has 0 aromatic heterocycles. The Balaban J connectivity index is 1.34. The van der Waals surface area contributed by atoms with Crippen molar-refractivity contribution in [3.63, 3.8) is 0 Å². The lowest BCUT2D eigenvalue weighted by Crippen LogP contribution is -2.79. The van der Waals surface area contributed by atoms with Crippen LogP contribution in [0.3, 0.4) is 0 Å². The minimum absolute atomic E-state index is 0.279. The van der Waals surface area contributed by atoms with Crippen molar-refractivity contribution in [1.29, 1.82) is 0 Å². The zero-order valence-electron chi connectivity index (χ0n) is 28.4. The molecule has 4 N–H and O–H groups in total. The van der Waals surface area contributed by atoms with E-state index >= 15 is 14.4 Å². The fourth-order valence-corrected chi connectivity index (χ4v) is 21.5. The van der Waals surface area contributed by atoms with Crippen molar-refractivity contribution in [2.45, 2.75) is 82.5 Å². The molecule has 2 aromatic rings. The molecule has 8 fully saturated rings. The number of amides is 4. The minimum atomic E-state index is -1.81. The van der Waals surface area contributed by atoms with E-state index < -0.39 is 66.7 Å². The van der Waals surface area contributed by atoms with Gasteiger partial charge in [-0.1, -0.05) is 74.9 Å². The Labute approximate surface area is 314 Å². The van der Waals surface area contributed by atoms with Crippen LogP contribution in [-0.4, -0.2) is 112 Å². The Morgan fingerprint density at radius 2 is 1.02 bits per heavy atom. The Kier molecular flexibility index (Phi) is 6.39. The first-order chi connectivity index (χ1) is 24.2. The number of hydrogen-bond acceptors (Lipinski definition) is 13. The second kappa shape index (κ2) is 9.82. The highest BCUT2D eigenvalue weighted by molar-refractivity contribution is 9.10. The number of hydrogen-bond donors (Lipinski definition) is 4. The molecule has 10 aliphatic heterocycles. The van der Waals surface area contributed by atoms with E-state index in [1.54, 1.807) is 23.9 Å². The number of carbonyl (C=O) groups is 4. The molecule has 4 bridgehead atoms. The van der Waals surface area contributed by atoms with Gasteiger partial charge in [0.25, 0.3) is 23.6 Å². The van der Waals surface area contributed by atoms with Crippen LogP contribution >= 0.6 is 53.0 Å². The normalized spacial score (nSPS) is 44.0. The van der Waals surface area contributed by atoms with E-state index in [1.165, 1.54) is 62.8 Å². The monoisotopic (exact) mass is 784 g/mol. The predicted molar refractivity (Wildman–Crippen MR) is 201 cm³/mol. The third-order valence-corrected chi connectivity index (χ3v) is 22.4. The summed E-state index contributed by atoms with van der Waals surface area (Å²) in [5.74, 6) is -2.02. The molecule has 2 spiro atoms. The number of rotatable bonds is 3. The van der Waals surface area contributed by atoms with Gasteiger partial charge in [-0.3, -0.25) is 29.0 Å². The maximum absolute atomic E-state index is 15.4. The molecule has 10 heterocycles. The molecule has 0 saturated carbocycles. The zero-order valence-corrected chi connectivity index (χ0v) is 32.5. The molecule has 10 aliphatic rings. The van der Waals surface area contributed by atoms with Crippen molar-refractivity contribution in [3.8, 4) is 0 Å². The van der Waals surface area contributed by atoms with Crippen LogP contribution in [0, 0.1) is 11.8 Å². The Hall–Kier alpha value is -2.41. The van der Waals surface area contributed by atoms with Gasteiger partial charge in [0.05, 0.1) is 10.8 Å². The molecule has 8 saturated heterocycles. The van der Waals surface area contributed by atoms with Gasteiger partial charge in [0.15, 0.2) is 9.74 Å². The number of likely N-dealkylation sites (N-methyl/N-ethyl adjacent to an activating group) is 2. The van der Waals surface area contributed by atoms with Crippen LogP contribution < -0.4 is 10.6 Å². The number of aliphatic hydroxyl groups excluding tert-OH is 2. The average molecular weight is 785 g/mol. The van der Waals surface area contributed by atoms with Gasteiger partial charge in [-0.25, -0.2) is 0 Å². The maximum atomic E-state index is 15.4. The number of nitrogens with zero attached hydrogens (tertiary/aromatic N) is 4. The molecule has 2 aromatic carbocycles. The second-order valence-electron chi connectivity index (χ2n) is 15.3. The summed E-state index contributed by atoms with van der Waals surface area (Å²) < 4.78 is 0. The predicted octanol–water partition coefficient (Wildman–Crippen LogP) is 3.25. The van der Waals surface area contributed by atoms with Gasteiger partial charge in [-0.05, 0) is 77.3 Å². The highest BCUT2D eigenvalue weighted by Gasteiger charge is 2.93. The van der Waals surface area contributed by atoms with E-state index in [9.17, 15) is 15.0 Å². The fraction of sp³-hybridized carbons (Fsp3) is 0.529. The van der Waals surface area contributed by atoms with E-state index in [0.29, 0.717) is 22.5 Å². The first-order valence-electron chi connectivity index (χ1n) is 16.9. The highest BCUT2D eigenvalue weighted by Crippen LogP contribution is 2.79. The third-order valence-electron chi connectivity index (χ3n) is 13.2. The summed E-state index contributed by atoms with van der Waals surface area (Å²) >= 11 is 0. The summed E-state index contributed by atoms with van der Waals surface area (Å²) in [6.45, 7) is 7.67. The number of piperazine rings is 2. The fourth-order valence-electron chi connectivity index (χ4n) is 11.0. The smallest absolute Gasteiger partial charge is 0.264 e. The zero-order chi connectivity index (χ0) is 36.0. The van der Waals surface area contributed by atoms with Gasteiger partial charge < -0.3 is 30.6 Å². The van der Waals surface area contributed by atoms with Crippen molar-refractivity contribution in [1.82, 2.24) is 19.6 Å². The van der Waals surface area contributed by atoms with Crippen molar-refractivity contribution >= 4 is 88.0 Å². The number of aliphatic hydroxyl groups is 2. The number of benzene rings is 2. The minimum Gasteiger partial charge on any atom is -0.388 e. The summed E-state index contributed by atoms with van der Waals surface area (Å²) in [6, 6.07) is 14.9. The van der Waals surface area contributed by atoms with Crippen LogP contribution in [0.2, 0.25) is 0 Å². The summed E-state index contributed by atoms with van der Waals surface area (Å²) in [5, 5.41) is 34.4. The molecule has 10 atom stereocenters. The van der Waals surface area contributed by atoms with Crippen molar-refractivity contribution in [2.75, 3.05) is 24.7 Å². The standard InChI is InChI=1S/C34H36N6O6S5/c1-15(2)31-27(45)39-23-29(17-11-7-9-13-19(17)35-23,21(41)33(39,48-47-31)25(43)37(31)5)30-18-12-8-10-14-20(18)36-24(30)40-28(46)32(16(3)4)38(6)26(44)34(40,22(30)42)50-51-49-32/h7-16,21-24,35-36,41-42H,1-6H3/t21-,22-,23-,24+,29?,30?,31?,32?,33+,34-/m0/s1. The quantitative estimate of drug-likeness (QED) is 0.339. The van der Waals surface area contributed by atoms with Crippen molar-refractivity contribution < 1.29 is 29.4 Å². The first-order valence-corrected chi connectivity index (χ1v) is 22.6. The number of carbonyl (C=O) groups excluding carboxylic acids is 4. The van der Waals surface area contributed by atoms with E-state index in [1.807, 2.05) is 76.2 Å². The van der Waals surface area contributed by atoms with E-state index in [-0.39, 0.29) is 23.7 Å². The highest BCUT2D eigenvalue weighted by atomic mass is 33.5. The van der Waals surface area contributed by atoms with Crippen LogP contribution in [0.25, 0.3) is 0 Å². The van der Waals surface area contributed by atoms with Crippen LogP contribution in [0.15, 0.2) is 48.5 Å². The molecular weight excluding hydrogens is 749 g/mol. The average Bonchev–Trinajstić information content (AvgIpc) is 3.70. The van der Waals surface area contributed by atoms with E-state index in [4.69, 9.17) is 0 Å². The molecule has 0 aliphatic carbocycles. The summed E-state index contributed by atoms with van der Waals surface area (Å²) in [5.41, 5.74) is -0.838. The second-order valence-corrected chi connectivity index (χ2v) is 22.2. The summed E-state index contributed by atoms with van der Waals surface area (Å²) in [6.07, 6.45) is -5.33. The maximum Gasteiger partial charge on any atom is 0.264 e.